The molecule has 1 aliphatic carbocycles. The van der Waals surface area contributed by atoms with E-state index in [4.69, 9.17) is 10.5 Å². The maximum Gasteiger partial charge on any atom is 0.214 e. The van der Waals surface area contributed by atoms with Crippen LogP contribution < -0.4 is 5.73 Å². The van der Waals surface area contributed by atoms with Crippen molar-refractivity contribution in [2.24, 2.45) is 17.1 Å². The molecule has 0 aromatic rings. The Morgan fingerprint density at radius 1 is 1.47 bits per heavy atom. The van der Waals surface area contributed by atoms with Crippen LogP contribution in [0.5, 0.6) is 0 Å². The van der Waals surface area contributed by atoms with E-state index < -0.39 is 10.0 Å². The molecule has 2 rings (SSSR count). The number of methoxy groups -OCH3 is 1. The van der Waals surface area contributed by atoms with E-state index in [2.05, 4.69) is 0 Å². The molecule has 112 valence electrons. The number of hydrogen-bond acceptors (Lipinski definition) is 4. The number of rotatable bonds is 5. The van der Waals surface area contributed by atoms with Gasteiger partial charge in [0.25, 0.3) is 0 Å². The lowest BCUT2D eigenvalue weighted by molar-refractivity contribution is 0.117. The fourth-order valence-electron chi connectivity index (χ4n) is 3.52. The van der Waals surface area contributed by atoms with Crippen molar-refractivity contribution in [2.45, 2.75) is 38.6 Å². The molecule has 2 N–H and O–H groups in total. The third-order valence-electron chi connectivity index (χ3n) is 4.40. The molecule has 0 bridgehead atoms. The molecule has 0 radical (unpaired) electrons. The Hall–Kier alpha value is -0.170. The predicted octanol–water partition coefficient (Wildman–Crippen LogP) is 0.802. The first-order valence-electron chi connectivity index (χ1n) is 6.94. The van der Waals surface area contributed by atoms with Crippen molar-refractivity contribution in [3.8, 4) is 0 Å². The van der Waals surface area contributed by atoms with Crippen molar-refractivity contribution in [3.05, 3.63) is 0 Å². The minimum atomic E-state index is -3.25. The first kappa shape index (κ1) is 15.2. The van der Waals surface area contributed by atoms with Crippen LogP contribution in [0.2, 0.25) is 0 Å². The highest BCUT2D eigenvalue weighted by Crippen LogP contribution is 2.41. The molecule has 19 heavy (non-hydrogen) atoms. The standard InChI is InChI=1S/C13H26N2O3S/c1-12(2,9-18-3)10-19(16,17)15-7-11-5-4-6-13(11,14)8-15/h11H,4-10,14H2,1-3H3. The summed E-state index contributed by atoms with van der Waals surface area (Å²) in [5.74, 6) is 0.462. The Balaban J connectivity index is 2.06. The largest absolute Gasteiger partial charge is 0.384 e. The minimum Gasteiger partial charge on any atom is -0.384 e. The summed E-state index contributed by atoms with van der Waals surface area (Å²) in [6, 6.07) is 0. The Kier molecular flexibility index (Phi) is 3.99. The molecule has 2 aliphatic rings. The van der Waals surface area contributed by atoms with Gasteiger partial charge in [-0.05, 0) is 18.8 Å². The number of ether oxygens (including phenoxy) is 1. The Morgan fingerprint density at radius 3 is 2.74 bits per heavy atom. The van der Waals surface area contributed by atoms with Gasteiger partial charge in [0.1, 0.15) is 0 Å². The second kappa shape index (κ2) is 4.98. The number of nitrogens with two attached hydrogens (primary N) is 1. The summed E-state index contributed by atoms with van der Waals surface area (Å²) >= 11 is 0. The van der Waals surface area contributed by atoms with Crippen LogP contribution in [0.1, 0.15) is 33.1 Å². The van der Waals surface area contributed by atoms with Crippen LogP contribution in [0.25, 0.3) is 0 Å². The second-order valence-electron chi connectivity index (χ2n) is 6.97. The normalized spacial score (nSPS) is 32.7. The molecule has 1 heterocycles. The molecule has 0 aromatic heterocycles. The van der Waals surface area contributed by atoms with Crippen LogP contribution in [-0.4, -0.2) is 50.8 Å². The average molecular weight is 290 g/mol. The van der Waals surface area contributed by atoms with Crippen molar-refractivity contribution in [1.82, 2.24) is 4.31 Å². The molecule has 1 saturated heterocycles. The summed E-state index contributed by atoms with van der Waals surface area (Å²) in [4.78, 5) is 0. The fourth-order valence-corrected chi connectivity index (χ4v) is 5.62. The highest BCUT2D eigenvalue weighted by molar-refractivity contribution is 7.89. The van der Waals surface area contributed by atoms with Gasteiger partial charge in [0, 0.05) is 31.2 Å². The maximum absolute atomic E-state index is 12.5. The smallest absolute Gasteiger partial charge is 0.214 e. The fraction of sp³-hybridized carbons (Fsp3) is 1.00. The molecule has 0 spiro atoms. The molecular weight excluding hydrogens is 264 g/mol. The molecule has 6 heteroatoms. The van der Waals surface area contributed by atoms with E-state index in [-0.39, 0.29) is 16.7 Å². The van der Waals surface area contributed by atoms with Crippen LogP contribution >= 0.6 is 0 Å². The molecule has 0 amide bonds. The third-order valence-corrected chi connectivity index (χ3v) is 6.62. The average Bonchev–Trinajstić information content (AvgIpc) is 2.70. The lowest BCUT2D eigenvalue weighted by Gasteiger charge is -2.27. The van der Waals surface area contributed by atoms with E-state index in [9.17, 15) is 8.42 Å². The SMILES string of the molecule is COCC(C)(C)CS(=O)(=O)N1CC2CCCC2(N)C1. The quantitative estimate of drug-likeness (QED) is 0.813. The van der Waals surface area contributed by atoms with Gasteiger partial charge in [-0.15, -0.1) is 0 Å². The van der Waals surface area contributed by atoms with Crippen molar-refractivity contribution >= 4 is 10.0 Å². The molecule has 5 nitrogen and oxygen atoms in total. The summed E-state index contributed by atoms with van der Waals surface area (Å²) in [6.45, 7) is 5.37. The molecule has 2 fully saturated rings. The van der Waals surface area contributed by atoms with Crippen molar-refractivity contribution in [3.63, 3.8) is 0 Å². The van der Waals surface area contributed by atoms with E-state index in [1.54, 1.807) is 11.4 Å². The van der Waals surface area contributed by atoms with Gasteiger partial charge in [-0.3, -0.25) is 0 Å². The molecule has 1 saturated carbocycles. The molecule has 2 atom stereocenters. The third kappa shape index (κ3) is 3.12. The Bertz CT molecular complexity index is 435. The van der Waals surface area contributed by atoms with Crippen LogP contribution in [-0.2, 0) is 14.8 Å². The first-order valence-corrected chi connectivity index (χ1v) is 8.55. The van der Waals surface area contributed by atoms with Crippen molar-refractivity contribution in [1.29, 1.82) is 0 Å². The van der Waals surface area contributed by atoms with Gasteiger partial charge in [-0.2, -0.15) is 4.31 Å². The molecular formula is C13H26N2O3S. The topological polar surface area (TPSA) is 72.6 Å². The number of sulfonamides is 1. The van der Waals surface area contributed by atoms with Crippen LogP contribution in [0.15, 0.2) is 0 Å². The zero-order valence-electron chi connectivity index (χ0n) is 12.2. The van der Waals surface area contributed by atoms with Crippen LogP contribution in [0.4, 0.5) is 0 Å². The highest BCUT2D eigenvalue weighted by atomic mass is 32.2. The van der Waals surface area contributed by atoms with Crippen molar-refractivity contribution < 1.29 is 13.2 Å². The first-order chi connectivity index (χ1) is 8.69. The van der Waals surface area contributed by atoms with E-state index in [0.29, 0.717) is 25.6 Å². The van der Waals surface area contributed by atoms with E-state index in [1.165, 1.54) is 0 Å². The number of hydrogen-bond donors (Lipinski definition) is 1. The van der Waals surface area contributed by atoms with E-state index in [0.717, 1.165) is 19.3 Å². The van der Waals surface area contributed by atoms with E-state index >= 15 is 0 Å². The predicted molar refractivity (Wildman–Crippen MR) is 75.3 cm³/mol. The van der Waals surface area contributed by atoms with Gasteiger partial charge in [-0.25, -0.2) is 8.42 Å². The number of nitrogens with zero attached hydrogens (tertiary/aromatic N) is 1. The summed E-state index contributed by atoms with van der Waals surface area (Å²) in [6.07, 6.45) is 3.14. The minimum absolute atomic E-state index is 0.122. The zero-order chi connectivity index (χ0) is 14.3. The lowest BCUT2D eigenvalue weighted by atomic mass is 9.92. The molecule has 1 aliphatic heterocycles. The number of fused-ring (bicyclic) bond motifs is 1. The van der Waals surface area contributed by atoms with Gasteiger partial charge >= 0.3 is 0 Å². The Morgan fingerprint density at radius 2 is 2.16 bits per heavy atom. The second-order valence-corrected chi connectivity index (χ2v) is 8.94. The summed E-state index contributed by atoms with van der Waals surface area (Å²) in [5.41, 5.74) is 5.70. The summed E-state index contributed by atoms with van der Waals surface area (Å²) < 4.78 is 31.7. The van der Waals surface area contributed by atoms with Crippen LogP contribution in [0.3, 0.4) is 0 Å². The Labute approximate surface area is 116 Å². The zero-order valence-corrected chi connectivity index (χ0v) is 13.0. The summed E-state index contributed by atoms with van der Waals surface area (Å²) in [5, 5.41) is 0. The van der Waals surface area contributed by atoms with E-state index in [1.807, 2.05) is 13.8 Å². The summed E-state index contributed by atoms with van der Waals surface area (Å²) in [7, 11) is -1.65. The molecule has 2 unspecified atom stereocenters. The maximum atomic E-state index is 12.5. The monoisotopic (exact) mass is 290 g/mol. The lowest BCUT2D eigenvalue weighted by Crippen LogP contribution is -2.46. The highest BCUT2D eigenvalue weighted by Gasteiger charge is 2.50. The van der Waals surface area contributed by atoms with Gasteiger partial charge in [0.05, 0.1) is 12.4 Å². The molecule has 0 aromatic carbocycles. The van der Waals surface area contributed by atoms with Gasteiger partial charge < -0.3 is 10.5 Å². The van der Waals surface area contributed by atoms with Crippen LogP contribution in [0, 0.1) is 11.3 Å². The van der Waals surface area contributed by atoms with Gasteiger partial charge in [0.2, 0.25) is 10.0 Å². The van der Waals surface area contributed by atoms with Gasteiger partial charge in [0.15, 0.2) is 0 Å². The van der Waals surface area contributed by atoms with Gasteiger partial charge in [-0.1, -0.05) is 20.3 Å². The van der Waals surface area contributed by atoms with Crippen molar-refractivity contribution in [2.75, 3.05) is 32.6 Å².